The lowest BCUT2D eigenvalue weighted by Crippen LogP contribution is -2.47. The van der Waals surface area contributed by atoms with Crippen LogP contribution in [0, 0.1) is 0 Å². The number of nitrogens with zero attached hydrogens (tertiary/aromatic N) is 1. The van der Waals surface area contributed by atoms with E-state index in [2.05, 4.69) is 5.32 Å². The molecule has 0 fully saturated rings. The highest BCUT2D eigenvalue weighted by Crippen LogP contribution is 2.30. The number of benzene rings is 2. The molecule has 3 rings (SSSR count). The van der Waals surface area contributed by atoms with Crippen LogP contribution in [0.5, 0.6) is 5.75 Å². The van der Waals surface area contributed by atoms with Gasteiger partial charge in [-0.05, 0) is 31.2 Å². The molecule has 0 saturated carbocycles. The number of anilines is 2. The largest absolute Gasteiger partial charge is 0.492 e. The van der Waals surface area contributed by atoms with E-state index in [4.69, 9.17) is 4.74 Å². The van der Waals surface area contributed by atoms with Crippen molar-refractivity contribution in [3.05, 3.63) is 54.6 Å². The summed E-state index contributed by atoms with van der Waals surface area (Å²) in [4.78, 5) is 14.1. The highest BCUT2D eigenvalue weighted by atomic mass is 16.5. The van der Waals surface area contributed by atoms with Crippen molar-refractivity contribution < 1.29 is 9.53 Å². The molecule has 1 unspecified atom stereocenters. The van der Waals surface area contributed by atoms with Gasteiger partial charge in [0.1, 0.15) is 18.4 Å². The molecule has 0 radical (unpaired) electrons. The van der Waals surface area contributed by atoms with Crippen LogP contribution in [0.4, 0.5) is 11.4 Å². The summed E-state index contributed by atoms with van der Waals surface area (Å²) in [5.41, 5.74) is 1.90. The van der Waals surface area contributed by atoms with Crippen LogP contribution < -0.4 is 15.0 Å². The van der Waals surface area contributed by atoms with Gasteiger partial charge in [-0.3, -0.25) is 4.79 Å². The second kappa shape index (κ2) is 5.87. The standard InChI is InChI=1S/C17H18N2O2/c1-13-17(20)19(16-10-6-5-9-15(16)18-13)11-12-21-14-7-3-2-4-8-14/h2-10,13,18H,11-12H2,1H3. The monoisotopic (exact) mass is 282 g/mol. The fourth-order valence-electron chi connectivity index (χ4n) is 2.48. The van der Waals surface area contributed by atoms with Gasteiger partial charge in [0.15, 0.2) is 0 Å². The molecule has 0 aliphatic carbocycles. The van der Waals surface area contributed by atoms with Gasteiger partial charge in [0, 0.05) is 0 Å². The van der Waals surface area contributed by atoms with Gasteiger partial charge in [-0.15, -0.1) is 0 Å². The molecule has 21 heavy (non-hydrogen) atoms. The minimum absolute atomic E-state index is 0.0744. The van der Waals surface area contributed by atoms with Crippen molar-refractivity contribution >= 4 is 17.3 Å². The third kappa shape index (κ3) is 2.84. The first kappa shape index (κ1) is 13.5. The quantitative estimate of drug-likeness (QED) is 0.937. The van der Waals surface area contributed by atoms with Crippen LogP contribution in [0.3, 0.4) is 0 Å². The Kier molecular flexibility index (Phi) is 3.77. The number of carbonyl (C=O) groups is 1. The molecule has 0 saturated heterocycles. The van der Waals surface area contributed by atoms with Gasteiger partial charge in [-0.2, -0.15) is 0 Å². The minimum Gasteiger partial charge on any atom is -0.492 e. The summed E-state index contributed by atoms with van der Waals surface area (Å²) < 4.78 is 5.69. The van der Waals surface area contributed by atoms with Crippen molar-refractivity contribution in [1.82, 2.24) is 0 Å². The zero-order valence-electron chi connectivity index (χ0n) is 12.0. The van der Waals surface area contributed by atoms with E-state index in [0.717, 1.165) is 17.1 Å². The van der Waals surface area contributed by atoms with E-state index in [9.17, 15) is 4.79 Å². The molecule has 0 bridgehead atoms. The summed E-state index contributed by atoms with van der Waals surface area (Å²) in [6.45, 7) is 2.89. The number of carbonyl (C=O) groups excluding carboxylic acids is 1. The normalized spacial score (nSPS) is 17.1. The predicted octanol–water partition coefficient (Wildman–Crippen LogP) is 2.91. The lowest BCUT2D eigenvalue weighted by atomic mass is 10.1. The molecule has 0 spiro atoms. The SMILES string of the molecule is CC1Nc2ccccc2N(CCOc2ccccc2)C1=O. The van der Waals surface area contributed by atoms with Crippen LogP contribution in [0.1, 0.15) is 6.92 Å². The summed E-state index contributed by atoms with van der Waals surface area (Å²) in [5, 5.41) is 3.22. The third-order valence-electron chi connectivity index (χ3n) is 3.53. The summed E-state index contributed by atoms with van der Waals surface area (Å²) in [7, 11) is 0. The Balaban J connectivity index is 1.70. The maximum absolute atomic E-state index is 12.3. The van der Waals surface area contributed by atoms with E-state index in [1.165, 1.54) is 0 Å². The topological polar surface area (TPSA) is 41.6 Å². The van der Waals surface area contributed by atoms with Crippen molar-refractivity contribution in [2.75, 3.05) is 23.4 Å². The Morgan fingerprint density at radius 2 is 1.81 bits per heavy atom. The number of ether oxygens (including phenoxy) is 1. The zero-order chi connectivity index (χ0) is 14.7. The number of fused-ring (bicyclic) bond motifs is 1. The second-order valence-electron chi connectivity index (χ2n) is 5.03. The first-order chi connectivity index (χ1) is 10.3. The van der Waals surface area contributed by atoms with Gasteiger partial charge in [0.2, 0.25) is 5.91 Å². The first-order valence-electron chi connectivity index (χ1n) is 7.10. The molecular weight excluding hydrogens is 264 g/mol. The lowest BCUT2D eigenvalue weighted by Gasteiger charge is -2.33. The molecule has 4 nitrogen and oxygen atoms in total. The molecule has 1 heterocycles. The number of hydrogen-bond donors (Lipinski definition) is 1. The Labute approximate surface area is 124 Å². The van der Waals surface area contributed by atoms with Crippen LogP contribution in [0.2, 0.25) is 0 Å². The zero-order valence-corrected chi connectivity index (χ0v) is 12.0. The smallest absolute Gasteiger partial charge is 0.249 e. The van der Waals surface area contributed by atoms with E-state index in [-0.39, 0.29) is 11.9 Å². The van der Waals surface area contributed by atoms with Crippen molar-refractivity contribution in [2.45, 2.75) is 13.0 Å². The molecule has 0 aromatic heterocycles. The van der Waals surface area contributed by atoms with E-state index in [0.29, 0.717) is 13.2 Å². The van der Waals surface area contributed by atoms with E-state index >= 15 is 0 Å². The number of rotatable bonds is 4. The summed E-state index contributed by atoms with van der Waals surface area (Å²) >= 11 is 0. The van der Waals surface area contributed by atoms with Crippen LogP contribution in [-0.2, 0) is 4.79 Å². The fourth-order valence-corrected chi connectivity index (χ4v) is 2.48. The van der Waals surface area contributed by atoms with Gasteiger partial charge in [0.25, 0.3) is 0 Å². The Hall–Kier alpha value is -2.49. The van der Waals surface area contributed by atoms with Gasteiger partial charge in [0.05, 0.1) is 17.9 Å². The van der Waals surface area contributed by atoms with Crippen molar-refractivity contribution in [3.8, 4) is 5.75 Å². The van der Waals surface area contributed by atoms with Crippen LogP contribution in [-0.4, -0.2) is 25.1 Å². The van der Waals surface area contributed by atoms with Crippen LogP contribution in [0.25, 0.3) is 0 Å². The summed E-state index contributed by atoms with van der Waals surface area (Å²) in [5.74, 6) is 0.895. The Morgan fingerprint density at radius 3 is 2.62 bits per heavy atom. The summed E-state index contributed by atoms with van der Waals surface area (Å²) in [6, 6.07) is 17.3. The van der Waals surface area contributed by atoms with Crippen LogP contribution in [0.15, 0.2) is 54.6 Å². The maximum Gasteiger partial charge on any atom is 0.249 e. The summed E-state index contributed by atoms with van der Waals surface area (Å²) in [6.07, 6.45) is 0. The number of para-hydroxylation sites is 3. The van der Waals surface area contributed by atoms with Crippen molar-refractivity contribution in [3.63, 3.8) is 0 Å². The molecule has 1 N–H and O–H groups in total. The molecule has 1 atom stereocenters. The van der Waals surface area contributed by atoms with E-state index < -0.39 is 0 Å². The third-order valence-corrected chi connectivity index (χ3v) is 3.53. The van der Waals surface area contributed by atoms with Crippen molar-refractivity contribution in [2.24, 2.45) is 0 Å². The number of nitrogens with one attached hydrogen (secondary N) is 1. The average Bonchev–Trinajstić information content (AvgIpc) is 2.52. The van der Waals surface area contributed by atoms with Crippen LogP contribution >= 0.6 is 0 Å². The minimum atomic E-state index is -0.211. The van der Waals surface area contributed by atoms with Gasteiger partial charge in [-0.25, -0.2) is 0 Å². The predicted molar refractivity (Wildman–Crippen MR) is 83.8 cm³/mol. The van der Waals surface area contributed by atoms with E-state index in [1.807, 2.05) is 61.5 Å². The second-order valence-corrected chi connectivity index (χ2v) is 5.03. The molecule has 2 aromatic rings. The van der Waals surface area contributed by atoms with Crippen molar-refractivity contribution in [1.29, 1.82) is 0 Å². The van der Waals surface area contributed by atoms with Gasteiger partial charge >= 0.3 is 0 Å². The molecule has 4 heteroatoms. The molecule has 1 aliphatic rings. The molecule has 1 aliphatic heterocycles. The first-order valence-corrected chi connectivity index (χ1v) is 7.10. The Morgan fingerprint density at radius 1 is 1.10 bits per heavy atom. The lowest BCUT2D eigenvalue weighted by molar-refractivity contribution is -0.119. The number of hydrogen-bond acceptors (Lipinski definition) is 3. The van der Waals surface area contributed by atoms with Gasteiger partial charge < -0.3 is 15.0 Å². The molecule has 2 aromatic carbocycles. The van der Waals surface area contributed by atoms with E-state index in [1.54, 1.807) is 4.90 Å². The maximum atomic E-state index is 12.3. The molecular formula is C17H18N2O2. The molecule has 108 valence electrons. The highest BCUT2D eigenvalue weighted by Gasteiger charge is 2.28. The fraction of sp³-hybridized carbons (Fsp3) is 0.235. The molecule has 1 amide bonds. The van der Waals surface area contributed by atoms with Gasteiger partial charge in [-0.1, -0.05) is 30.3 Å². The highest BCUT2D eigenvalue weighted by molar-refractivity contribution is 6.04. The average molecular weight is 282 g/mol. The number of amides is 1. The Bertz CT molecular complexity index is 628.